The zero-order valence-electron chi connectivity index (χ0n) is 10.9. The monoisotopic (exact) mass is 261 g/mol. The highest BCUT2D eigenvalue weighted by atomic mass is 32.2. The van der Waals surface area contributed by atoms with Gasteiger partial charge in [-0.2, -0.15) is 0 Å². The van der Waals surface area contributed by atoms with Crippen LogP contribution >= 0.6 is 0 Å². The summed E-state index contributed by atoms with van der Waals surface area (Å²) in [6, 6.07) is 0. The Morgan fingerprint density at radius 3 is 2.29 bits per heavy atom. The molecule has 0 aromatic carbocycles. The van der Waals surface area contributed by atoms with E-state index in [1.807, 2.05) is 0 Å². The van der Waals surface area contributed by atoms with Crippen LogP contribution in [0.3, 0.4) is 0 Å². The maximum Gasteiger partial charge on any atom is 0.102 e. The largest absolute Gasteiger partial charge is 0.748 e. The summed E-state index contributed by atoms with van der Waals surface area (Å²) >= 11 is 0. The van der Waals surface area contributed by atoms with E-state index in [9.17, 15) is 0 Å². The SMILES string of the molecule is CCCCCC[NH+]1C=CC(C)=C1.CS(=O)(=O)[O-]. The molecule has 4 nitrogen and oxygen atoms in total. The molecule has 5 heteroatoms. The number of unbranched alkanes of at least 4 members (excludes halogenated alkanes) is 3. The number of allylic oxidation sites excluding steroid dienone is 2. The van der Waals surface area contributed by atoms with E-state index in [0.717, 1.165) is 0 Å². The Labute approximate surface area is 105 Å². The Morgan fingerprint density at radius 2 is 1.88 bits per heavy atom. The lowest BCUT2D eigenvalue weighted by atomic mass is 10.2. The van der Waals surface area contributed by atoms with Crippen LogP contribution in [-0.4, -0.2) is 25.8 Å². The van der Waals surface area contributed by atoms with E-state index in [-0.39, 0.29) is 0 Å². The first-order valence-corrected chi connectivity index (χ1v) is 7.77. The van der Waals surface area contributed by atoms with E-state index in [4.69, 9.17) is 13.0 Å². The van der Waals surface area contributed by atoms with E-state index in [0.29, 0.717) is 6.26 Å². The Kier molecular flexibility index (Phi) is 8.12. The quantitative estimate of drug-likeness (QED) is 0.594. The molecule has 0 aromatic rings. The van der Waals surface area contributed by atoms with Crippen LogP contribution in [0.1, 0.15) is 39.5 Å². The van der Waals surface area contributed by atoms with Gasteiger partial charge < -0.3 is 4.55 Å². The van der Waals surface area contributed by atoms with Crippen LogP contribution in [0.25, 0.3) is 0 Å². The van der Waals surface area contributed by atoms with E-state index < -0.39 is 10.1 Å². The van der Waals surface area contributed by atoms with Gasteiger partial charge in [0, 0.05) is 11.8 Å². The molecular formula is C12H23NO3S. The summed E-state index contributed by atoms with van der Waals surface area (Å²) in [6.45, 7) is 5.69. The summed E-state index contributed by atoms with van der Waals surface area (Å²) in [5.74, 6) is 0. The molecule has 0 saturated carbocycles. The van der Waals surface area contributed by atoms with Gasteiger partial charge in [-0.1, -0.05) is 19.8 Å². The molecule has 0 aromatic heterocycles. The van der Waals surface area contributed by atoms with Crippen molar-refractivity contribution in [2.75, 3.05) is 12.8 Å². The van der Waals surface area contributed by atoms with Gasteiger partial charge in [0.2, 0.25) is 0 Å². The molecule has 0 aliphatic carbocycles. The van der Waals surface area contributed by atoms with Crippen molar-refractivity contribution in [3.05, 3.63) is 24.0 Å². The Hall–Kier alpha value is -0.650. The van der Waals surface area contributed by atoms with Gasteiger partial charge >= 0.3 is 0 Å². The normalized spacial score (nSPS) is 18.6. The fourth-order valence-corrected chi connectivity index (χ4v) is 1.54. The van der Waals surface area contributed by atoms with Gasteiger partial charge in [0.25, 0.3) is 0 Å². The number of rotatable bonds is 5. The van der Waals surface area contributed by atoms with Crippen LogP contribution in [0.5, 0.6) is 0 Å². The maximum atomic E-state index is 9.08. The van der Waals surface area contributed by atoms with Gasteiger partial charge in [-0.25, -0.2) is 8.42 Å². The molecule has 0 bridgehead atoms. The van der Waals surface area contributed by atoms with E-state index in [2.05, 4.69) is 32.3 Å². The fraction of sp³-hybridized carbons (Fsp3) is 0.667. The molecule has 1 heterocycles. The fourth-order valence-electron chi connectivity index (χ4n) is 1.54. The smallest absolute Gasteiger partial charge is 0.102 e. The van der Waals surface area contributed by atoms with Crippen molar-refractivity contribution in [2.45, 2.75) is 39.5 Å². The third kappa shape index (κ3) is 13.3. The average Bonchev–Trinajstić information content (AvgIpc) is 2.56. The number of quaternary nitrogens is 1. The molecule has 0 spiro atoms. The predicted molar refractivity (Wildman–Crippen MR) is 68.5 cm³/mol. The van der Waals surface area contributed by atoms with Crippen molar-refractivity contribution in [3.8, 4) is 0 Å². The van der Waals surface area contributed by atoms with Crippen molar-refractivity contribution < 1.29 is 17.9 Å². The lowest BCUT2D eigenvalue weighted by molar-refractivity contribution is -0.788. The zero-order chi connectivity index (χ0) is 13.3. The maximum absolute atomic E-state index is 9.08. The van der Waals surface area contributed by atoms with Crippen molar-refractivity contribution in [3.63, 3.8) is 0 Å². The summed E-state index contributed by atoms with van der Waals surface area (Å²) < 4.78 is 27.2. The third-order valence-corrected chi connectivity index (χ3v) is 2.29. The van der Waals surface area contributed by atoms with Crippen LogP contribution in [0.4, 0.5) is 0 Å². The van der Waals surface area contributed by atoms with Gasteiger partial charge in [-0.3, -0.25) is 4.90 Å². The summed E-state index contributed by atoms with van der Waals surface area (Å²) in [4.78, 5) is 1.52. The van der Waals surface area contributed by atoms with Gasteiger partial charge in [-0.05, 0) is 25.8 Å². The number of hydrogen-bond acceptors (Lipinski definition) is 3. The molecule has 0 amide bonds. The minimum absolute atomic E-state index is 0.604. The van der Waals surface area contributed by atoms with Gasteiger partial charge in [0.1, 0.15) is 6.20 Å². The minimum Gasteiger partial charge on any atom is -0.748 e. The van der Waals surface area contributed by atoms with E-state index in [1.165, 1.54) is 42.7 Å². The first kappa shape index (κ1) is 16.4. The lowest BCUT2D eigenvalue weighted by Gasteiger charge is -2.05. The first-order chi connectivity index (χ1) is 7.83. The molecular weight excluding hydrogens is 238 g/mol. The molecule has 0 fully saturated rings. The van der Waals surface area contributed by atoms with Crippen molar-refractivity contribution in [2.24, 2.45) is 0 Å². The van der Waals surface area contributed by atoms with Crippen LogP contribution < -0.4 is 4.90 Å². The number of nitrogens with one attached hydrogen (secondary N) is 1. The molecule has 100 valence electrons. The second-order valence-corrected chi connectivity index (χ2v) is 5.72. The van der Waals surface area contributed by atoms with E-state index in [1.54, 1.807) is 0 Å². The Balaban J connectivity index is 0.000000437. The topological polar surface area (TPSA) is 61.6 Å². The standard InChI is InChI=1S/C11H19N.CH4O3S/c1-3-4-5-6-8-12-9-7-11(2)10-12;1-5(2,3)4/h7,9-10H,3-6,8H2,1-2H3;1H3,(H,2,3,4). The summed E-state index contributed by atoms with van der Waals surface area (Å²) in [5.41, 5.74) is 1.40. The molecule has 1 aliphatic rings. The molecule has 0 saturated heterocycles. The van der Waals surface area contributed by atoms with Gasteiger partial charge in [0.05, 0.1) is 22.9 Å². The van der Waals surface area contributed by atoms with Crippen molar-refractivity contribution in [1.29, 1.82) is 0 Å². The minimum atomic E-state index is -3.92. The van der Waals surface area contributed by atoms with Gasteiger partial charge in [-0.15, -0.1) is 0 Å². The molecule has 1 unspecified atom stereocenters. The van der Waals surface area contributed by atoms with Crippen LogP contribution in [0, 0.1) is 0 Å². The Morgan fingerprint density at radius 1 is 1.29 bits per heavy atom. The highest BCUT2D eigenvalue weighted by Crippen LogP contribution is 1.98. The van der Waals surface area contributed by atoms with Gasteiger partial charge in [0.15, 0.2) is 0 Å². The van der Waals surface area contributed by atoms with Crippen LogP contribution in [-0.2, 0) is 10.1 Å². The third-order valence-electron chi connectivity index (χ3n) is 2.29. The Bertz CT molecular complexity index is 350. The zero-order valence-corrected chi connectivity index (χ0v) is 11.7. The molecule has 0 radical (unpaired) electrons. The number of hydrogen-bond donors (Lipinski definition) is 1. The highest BCUT2D eigenvalue weighted by Gasteiger charge is 2.06. The van der Waals surface area contributed by atoms with E-state index >= 15 is 0 Å². The summed E-state index contributed by atoms with van der Waals surface area (Å²) in [5, 5.41) is 0. The second-order valence-electron chi connectivity index (χ2n) is 4.31. The summed E-state index contributed by atoms with van der Waals surface area (Å²) in [6.07, 6.45) is 12.8. The highest BCUT2D eigenvalue weighted by molar-refractivity contribution is 7.84. The summed E-state index contributed by atoms with van der Waals surface area (Å²) in [7, 11) is -3.92. The van der Waals surface area contributed by atoms with Crippen LogP contribution in [0.2, 0.25) is 0 Å². The first-order valence-electron chi connectivity index (χ1n) is 5.96. The molecule has 1 aliphatic heterocycles. The average molecular weight is 261 g/mol. The molecule has 17 heavy (non-hydrogen) atoms. The van der Waals surface area contributed by atoms with Crippen molar-refractivity contribution in [1.82, 2.24) is 0 Å². The van der Waals surface area contributed by atoms with Crippen molar-refractivity contribution >= 4 is 10.1 Å². The second kappa shape index (κ2) is 8.44. The molecule has 1 atom stereocenters. The van der Waals surface area contributed by atoms with Crippen LogP contribution in [0.15, 0.2) is 24.0 Å². The molecule has 1 rings (SSSR count). The lowest BCUT2D eigenvalue weighted by Crippen LogP contribution is -3.01. The molecule has 1 N–H and O–H groups in total. The predicted octanol–water partition coefficient (Wildman–Crippen LogP) is 1.04.